The summed E-state index contributed by atoms with van der Waals surface area (Å²) in [5, 5.41) is 9.31. The van der Waals surface area contributed by atoms with Crippen LogP contribution in [0.3, 0.4) is 0 Å². The number of rotatable bonds is 0. The molecule has 0 aliphatic heterocycles. The van der Waals surface area contributed by atoms with E-state index in [0.29, 0.717) is 15.6 Å². The molecule has 11 heavy (non-hydrogen) atoms. The molecule has 2 nitrogen and oxygen atoms in total. The summed E-state index contributed by atoms with van der Waals surface area (Å²) >= 11 is 11.4. The van der Waals surface area contributed by atoms with E-state index < -0.39 is 0 Å². The first-order chi connectivity index (χ1) is 5.16. The molecule has 0 N–H and O–H groups in total. The van der Waals surface area contributed by atoms with Crippen LogP contribution in [0.1, 0.15) is 11.3 Å². The molecule has 0 radical (unpaired) electrons. The lowest BCUT2D eigenvalue weighted by Crippen LogP contribution is -1.87. The average molecular weight is 187 g/mol. The normalized spacial score (nSPS) is 9.27. The molecule has 0 aromatic carbocycles. The van der Waals surface area contributed by atoms with Gasteiger partial charge in [-0.25, -0.2) is 4.98 Å². The first-order valence-electron chi connectivity index (χ1n) is 2.87. The van der Waals surface area contributed by atoms with Gasteiger partial charge in [-0.2, -0.15) is 5.26 Å². The first-order valence-corrected chi connectivity index (χ1v) is 3.63. The second-order valence-corrected chi connectivity index (χ2v) is 2.79. The summed E-state index contributed by atoms with van der Waals surface area (Å²) in [7, 11) is 0. The minimum Gasteiger partial charge on any atom is -0.242 e. The third-order valence-electron chi connectivity index (χ3n) is 1.31. The Morgan fingerprint density at radius 2 is 2.18 bits per heavy atom. The maximum absolute atomic E-state index is 8.49. The predicted molar refractivity (Wildman–Crippen MR) is 43.7 cm³/mol. The van der Waals surface area contributed by atoms with Crippen LogP contribution < -0.4 is 0 Å². The summed E-state index contributed by atoms with van der Waals surface area (Å²) in [6.07, 6.45) is 1.42. The van der Waals surface area contributed by atoms with Crippen LogP contribution >= 0.6 is 23.2 Å². The number of halogens is 2. The summed E-state index contributed by atoms with van der Waals surface area (Å²) in [6, 6.07) is 1.86. The van der Waals surface area contributed by atoms with Gasteiger partial charge < -0.3 is 0 Å². The molecule has 1 aromatic heterocycles. The molecule has 1 aromatic rings. The summed E-state index contributed by atoms with van der Waals surface area (Å²) in [5.74, 6) is 0. The van der Waals surface area contributed by atoms with Crippen molar-refractivity contribution >= 4 is 23.2 Å². The summed E-state index contributed by atoms with van der Waals surface area (Å²) in [5.41, 5.74) is 0.911. The summed E-state index contributed by atoms with van der Waals surface area (Å²) < 4.78 is 0. The van der Waals surface area contributed by atoms with Gasteiger partial charge in [-0.3, -0.25) is 0 Å². The van der Waals surface area contributed by atoms with E-state index in [4.69, 9.17) is 28.5 Å². The lowest BCUT2D eigenvalue weighted by Gasteiger charge is -1.99. The standard InChI is InChI=1S/C7H4Cl2N2/c1-4-5(8)3-11-6(2-10)7(4)9/h3H,1H3. The molecule has 0 fully saturated rings. The second kappa shape index (κ2) is 3.08. The Morgan fingerprint density at radius 3 is 2.73 bits per heavy atom. The van der Waals surface area contributed by atoms with Crippen molar-refractivity contribution in [3.63, 3.8) is 0 Å². The third-order valence-corrected chi connectivity index (χ3v) is 2.15. The Morgan fingerprint density at radius 1 is 1.55 bits per heavy atom. The van der Waals surface area contributed by atoms with E-state index >= 15 is 0 Å². The minimum absolute atomic E-state index is 0.216. The molecule has 1 heterocycles. The average Bonchev–Trinajstić information content (AvgIpc) is 2.01. The molecule has 0 aliphatic carbocycles. The zero-order valence-electron chi connectivity index (χ0n) is 5.73. The highest BCUT2D eigenvalue weighted by Crippen LogP contribution is 2.24. The predicted octanol–water partition coefficient (Wildman–Crippen LogP) is 2.57. The molecule has 0 aliphatic rings. The number of hydrogen-bond acceptors (Lipinski definition) is 2. The topological polar surface area (TPSA) is 36.7 Å². The molecule has 0 unspecified atom stereocenters. The number of aromatic nitrogens is 1. The van der Waals surface area contributed by atoms with Crippen molar-refractivity contribution in [3.05, 3.63) is 27.5 Å². The van der Waals surface area contributed by atoms with Gasteiger partial charge in [0.25, 0.3) is 0 Å². The summed E-state index contributed by atoms with van der Waals surface area (Å²) in [4.78, 5) is 3.73. The molecule has 0 spiro atoms. The first kappa shape index (κ1) is 8.32. The Hall–Kier alpha value is -0.780. The lowest BCUT2D eigenvalue weighted by molar-refractivity contribution is 1.23. The van der Waals surface area contributed by atoms with E-state index in [2.05, 4.69) is 4.98 Å². The van der Waals surface area contributed by atoms with Crippen molar-refractivity contribution in [1.29, 1.82) is 5.26 Å². The van der Waals surface area contributed by atoms with Crippen molar-refractivity contribution in [3.8, 4) is 6.07 Å². The number of nitriles is 1. The van der Waals surface area contributed by atoms with E-state index in [1.54, 1.807) is 6.92 Å². The SMILES string of the molecule is Cc1c(Cl)cnc(C#N)c1Cl. The smallest absolute Gasteiger partial charge is 0.159 e. The molecule has 0 saturated heterocycles. The highest BCUT2D eigenvalue weighted by molar-refractivity contribution is 6.36. The van der Waals surface area contributed by atoms with E-state index in [0.717, 1.165) is 0 Å². The Kier molecular flexibility index (Phi) is 2.33. The maximum atomic E-state index is 8.49. The van der Waals surface area contributed by atoms with Crippen molar-refractivity contribution in [2.75, 3.05) is 0 Å². The lowest BCUT2D eigenvalue weighted by atomic mass is 10.2. The third kappa shape index (κ3) is 1.45. The molecule has 56 valence electrons. The summed E-state index contributed by atoms with van der Waals surface area (Å²) in [6.45, 7) is 1.74. The fourth-order valence-electron chi connectivity index (χ4n) is 0.635. The van der Waals surface area contributed by atoms with Crippen LogP contribution in [0.25, 0.3) is 0 Å². The molecule has 0 saturated carbocycles. The minimum atomic E-state index is 0.216. The van der Waals surface area contributed by atoms with Gasteiger partial charge in [0.1, 0.15) is 6.07 Å². The molecule has 4 heteroatoms. The van der Waals surface area contributed by atoms with Gasteiger partial charge >= 0.3 is 0 Å². The number of nitrogens with zero attached hydrogens (tertiary/aromatic N) is 2. The van der Waals surface area contributed by atoms with Crippen molar-refractivity contribution < 1.29 is 0 Å². The second-order valence-electron chi connectivity index (χ2n) is 2.01. The monoisotopic (exact) mass is 186 g/mol. The van der Waals surface area contributed by atoms with Crippen LogP contribution in [-0.4, -0.2) is 4.98 Å². The number of hydrogen-bond donors (Lipinski definition) is 0. The molecule has 0 amide bonds. The molecule has 1 rings (SSSR count). The Balaban J connectivity index is 3.40. The number of pyridine rings is 1. The van der Waals surface area contributed by atoms with Gasteiger partial charge in [-0.15, -0.1) is 0 Å². The van der Waals surface area contributed by atoms with Crippen LogP contribution in [0.5, 0.6) is 0 Å². The van der Waals surface area contributed by atoms with Crippen LogP contribution in [0, 0.1) is 18.3 Å². The zero-order valence-corrected chi connectivity index (χ0v) is 7.24. The van der Waals surface area contributed by atoms with E-state index in [9.17, 15) is 0 Å². The fraction of sp³-hybridized carbons (Fsp3) is 0.143. The quantitative estimate of drug-likeness (QED) is 0.625. The Labute approximate surface area is 74.4 Å². The van der Waals surface area contributed by atoms with Gasteiger partial charge in [0.15, 0.2) is 5.69 Å². The van der Waals surface area contributed by atoms with Crippen LogP contribution in [0.2, 0.25) is 10.0 Å². The molecular formula is C7H4Cl2N2. The van der Waals surface area contributed by atoms with Crippen LogP contribution in [0.15, 0.2) is 6.20 Å². The molecular weight excluding hydrogens is 183 g/mol. The largest absolute Gasteiger partial charge is 0.242 e. The molecule has 0 bridgehead atoms. The zero-order chi connectivity index (χ0) is 8.43. The van der Waals surface area contributed by atoms with Crippen LogP contribution in [0.4, 0.5) is 0 Å². The van der Waals surface area contributed by atoms with E-state index in [1.807, 2.05) is 6.07 Å². The fourth-order valence-corrected chi connectivity index (χ4v) is 1.02. The van der Waals surface area contributed by atoms with E-state index in [1.165, 1.54) is 6.20 Å². The van der Waals surface area contributed by atoms with Crippen molar-refractivity contribution in [1.82, 2.24) is 4.98 Å². The highest BCUT2D eigenvalue weighted by Gasteiger charge is 2.06. The maximum Gasteiger partial charge on any atom is 0.159 e. The van der Waals surface area contributed by atoms with Gasteiger partial charge in [0.05, 0.1) is 10.0 Å². The van der Waals surface area contributed by atoms with Gasteiger partial charge in [-0.05, 0) is 12.5 Å². The Bertz CT molecular complexity index is 328. The highest BCUT2D eigenvalue weighted by atomic mass is 35.5. The van der Waals surface area contributed by atoms with Crippen LogP contribution in [-0.2, 0) is 0 Å². The van der Waals surface area contributed by atoms with E-state index in [-0.39, 0.29) is 5.69 Å². The van der Waals surface area contributed by atoms with Crippen molar-refractivity contribution in [2.24, 2.45) is 0 Å². The van der Waals surface area contributed by atoms with Gasteiger partial charge in [0.2, 0.25) is 0 Å². The van der Waals surface area contributed by atoms with Gasteiger partial charge in [0, 0.05) is 6.20 Å². The molecule has 0 atom stereocenters. The van der Waals surface area contributed by atoms with Gasteiger partial charge in [-0.1, -0.05) is 23.2 Å². The van der Waals surface area contributed by atoms with Crippen molar-refractivity contribution in [2.45, 2.75) is 6.92 Å².